The van der Waals surface area contributed by atoms with Gasteiger partial charge in [-0.2, -0.15) is 0 Å². The molecule has 1 aromatic heterocycles. The molecular weight excluding hydrogens is 220 g/mol. The van der Waals surface area contributed by atoms with Crippen molar-refractivity contribution in [1.82, 2.24) is 4.98 Å². The Kier molecular flexibility index (Phi) is 4.45. The number of pyridine rings is 1. The molecule has 1 heterocycles. The van der Waals surface area contributed by atoms with E-state index in [1.807, 2.05) is 6.07 Å². The summed E-state index contributed by atoms with van der Waals surface area (Å²) in [5.41, 5.74) is 0.231. The standard InChI is InChI=1S/C12H18N2O3/c1-12(2,3)17-11(15)14-10-7-5-6-9(13-10)8-16-4/h5-7H,8H2,1-4H3,(H,13,14,15). The fourth-order valence-electron chi connectivity index (χ4n) is 1.19. The first-order valence-electron chi connectivity index (χ1n) is 5.35. The molecule has 17 heavy (non-hydrogen) atoms. The zero-order valence-electron chi connectivity index (χ0n) is 10.6. The Morgan fingerprint density at radius 3 is 2.71 bits per heavy atom. The quantitative estimate of drug-likeness (QED) is 0.879. The summed E-state index contributed by atoms with van der Waals surface area (Å²) >= 11 is 0. The summed E-state index contributed by atoms with van der Waals surface area (Å²) < 4.78 is 10.1. The van der Waals surface area contributed by atoms with Gasteiger partial charge in [0.2, 0.25) is 0 Å². The maximum atomic E-state index is 11.5. The number of carbonyl (C=O) groups excluding carboxylic acids is 1. The van der Waals surface area contributed by atoms with E-state index in [4.69, 9.17) is 9.47 Å². The lowest BCUT2D eigenvalue weighted by Gasteiger charge is -2.19. The molecule has 1 amide bonds. The number of nitrogens with one attached hydrogen (secondary N) is 1. The van der Waals surface area contributed by atoms with E-state index in [0.29, 0.717) is 12.4 Å². The highest BCUT2D eigenvalue weighted by Gasteiger charge is 2.16. The first kappa shape index (κ1) is 13.4. The van der Waals surface area contributed by atoms with E-state index in [-0.39, 0.29) is 0 Å². The van der Waals surface area contributed by atoms with Crippen molar-refractivity contribution < 1.29 is 14.3 Å². The smallest absolute Gasteiger partial charge is 0.413 e. The molecule has 0 spiro atoms. The van der Waals surface area contributed by atoms with Gasteiger partial charge in [0.05, 0.1) is 12.3 Å². The van der Waals surface area contributed by atoms with Gasteiger partial charge >= 0.3 is 6.09 Å². The van der Waals surface area contributed by atoms with E-state index in [2.05, 4.69) is 10.3 Å². The summed E-state index contributed by atoms with van der Waals surface area (Å²) in [5, 5.41) is 2.57. The lowest BCUT2D eigenvalue weighted by Crippen LogP contribution is -2.27. The van der Waals surface area contributed by atoms with Crippen LogP contribution in [0.5, 0.6) is 0 Å². The van der Waals surface area contributed by atoms with E-state index < -0.39 is 11.7 Å². The normalized spacial score (nSPS) is 11.1. The SMILES string of the molecule is COCc1cccc(NC(=O)OC(C)(C)C)n1. The van der Waals surface area contributed by atoms with Gasteiger partial charge in [-0.25, -0.2) is 9.78 Å². The minimum absolute atomic E-state index is 0.407. The van der Waals surface area contributed by atoms with Crippen LogP contribution >= 0.6 is 0 Å². The average Bonchev–Trinajstić information content (AvgIpc) is 2.15. The first-order valence-corrected chi connectivity index (χ1v) is 5.35. The molecule has 5 nitrogen and oxygen atoms in total. The van der Waals surface area contributed by atoms with Crippen LogP contribution in [0.2, 0.25) is 0 Å². The van der Waals surface area contributed by atoms with Crippen LogP contribution in [0.4, 0.5) is 10.6 Å². The Labute approximate surface area is 101 Å². The predicted molar refractivity (Wildman–Crippen MR) is 64.8 cm³/mol. The van der Waals surface area contributed by atoms with Gasteiger partial charge in [-0.1, -0.05) is 6.07 Å². The monoisotopic (exact) mass is 238 g/mol. The Morgan fingerprint density at radius 1 is 1.41 bits per heavy atom. The van der Waals surface area contributed by atoms with Gasteiger partial charge in [0, 0.05) is 7.11 Å². The van der Waals surface area contributed by atoms with Crippen LogP contribution in [0, 0.1) is 0 Å². The molecule has 1 N–H and O–H groups in total. The summed E-state index contributed by atoms with van der Waals surface area (Å²) in [7, 11) is 1.59. The van der Waals surface area contributed by atoms with Gasteiger partial charge in [0.25, 0.3) is 0 Å². The molecule has 0 aliphatic heterocycles. The summed E-state index contributed by atoms with van der Waals surface area (Å²) in [5.74, 6) is 0.453. The number of carbonyl (C=O) groups is 1. The van der Waals surface area contributed by atoms with Crippen molar-refractivity contribution >= 4 is 11.9 Å². The Bertz CT molecular complexity index is 386. The largest absolute Gasteiger partial charge is 0.444 e. The van der Waals surface area contributed by atoms with Crippen molar-refractivity contribution in [3.8, 4) is 0 Å². The topological polar surface area (TPSA) is 60.5 Å². The second-order valence-corrected chi connectivity index (χ2v) is 4.57. The second-order valence-electron chi connectivity index (χ2n) is 4.57. The van der Waals surface area contributed by atoms with E-state index in [1.165, 1.54) is 0 Å². The van der Waals surface area contributed by atoms with Gasteiger partial charge < -0.3 is 9.47 Å². The van der Waals surface area contributed by atoms with Crippen LogP contribution in [0.25, 0.3) is 0 Å². The summed E-state index contributed by atoms with van der Waals surface area (Å²) in [6.07, 6.45) is -0.514. The van der Waals surface area contributed by atoms with Crippen molar-refractivity contribution in [2.45, 2.75) is 33.0 Å². The number of ether oxygens (including phenoxy) is 2. The molecule has 0 atom stereocenters. The highest BCUT2D eigenvalue weighted by atomic mass is 16.6. The van der Waals surface area contributed by atoms with E-state index in [1.54, 1.807) is 40.0 Å². The number of anilines is 1. The highest BCUT2D eigenvalue weighted by Crippen LogP contribution is 2.10. The fourth-order valence-corrected chi connectivity index (χ4v) is 1.19. The van der Waals surface area contributed by atoms with Crippen molar-refractivity contribution in [3.05, 3.63) is 23.9 Å². The Balaban J connectivity index is 2.62. The molecule has 1 rings (SSSR count). The average molecular weight is 238 g/mol. The predicted octanol–water partition coefficient (Wildman–Crippen LogP) is 2.58. The molecule has 1 aromatic rings. The molecular formula is C12H18N2O3. The molecule has 0 bridgehead atoms. The zero-order valence-corrected chi connectivity index (χ0v) is 10.6. The number of aromatic nitrogens is 1. The first-order chi connectivity index (χ1) is 7.90. The molecule has 0 saturated heterocycles. The van der Waals surface area contributed by atoms with Crippen LogP contribution in [0.3, 0.4) is 0 Å². The molecule has 0 aliphatic rings. The van der Waals surface area contributed by atoms with E-state index in [9.17, 15) is 4.79 Å². The molecule has 0 aromatic carbocycles. The Hall–Kier alpha value is -1.62. The third-order valence-electron chi connectivity index (χ3n) is 1.73. The van der Waals surface area contributed by atoms with E-state index >= 15 is 0 Å². The number of hydrogen-bond donors (Lipinski definition) is 1. The minimum atomic E-state index is -0.520. The van der Waals surface area contributed by atoms with Gasteiger partial charge in [0.1, 0.15) is 11.4 Å². The van der Waals surface area contributed by atoms with Crippen molar-refractivity contribution in [2.75, 3.05) is 12.4 Å². The maximum absolute atomic E-state index is 11.5. The minimum Gasteiger partial charge on any atom is -0.444 e. The van der Waals surface area contributed by atoms with Crippen LogP contribution in [-0.2, 0) is 16.1 Å². The van der Waals surface area contributed by atoms with Gasteiger partial charge in [-0.05, 0) is 32.9 Å². The van der Waals surface area contributed by atoms with Crippen LogP contribution in [0.15, 0.2) is 18.2 Å². The van der Waals surface area contributed by atoms with Gasteiger partial charge in [0.15, 0.2) is 0 Å². The van der Waals surface area contributed by atoms with Crippen LogP contribution in [0.1, 0.15) is 26.5 Å². The molecule has 94 valence electrons. The van der Waals surface area contributed by atoms with Crippen molar-refractivity contribution in [2.24, 2.45) is 0 Å². The third-order valence-corrected chi connectivity index (χ3v) is 1.73. The number of nitrogens with zero attached hydrogens (tertiary/aromatic N) is 1. The number of rotatable bonds is 3. The Morgan fingerprint density at radius 2 is 2.12 bits per heavy atom. The maximum Gasteiger partial charge on any atom is 0.413 e. The molecule has 0 unspecified atom stereocenters. The zero-order chi connectivity index (χ0) is 12.9. The second kappa shape index (κ2) is 5.63. The summed E-state index contributed by atoms with van der Waals surface area (Å²) in [6, 6.07) is 5.32. The molecule has 0 radical (unpaired) electrons. The summed E-state index contributed by atoms with van der Waals surface area (Å²) in [6.45, 7) is 5.83. The third kappa shape index (κ3) is 5.31. The van der Waals surface area contributed by atoms with Crippen LogP contribution < -0.4 is 5.32 Å². The molecule has 5 heteroatoms. The van der Waals surface area contributed by atoms with Gasteiger partial charge in [-0.15, -0.1) is 0 Å². The molecule has 0 aliphatic carbocycles. The van der Waals surface area contributed by atoms with E-state index in [0.717, 1.165) is 5.69 Å². The number of hydrogen-bond acceptors (Lipinski definition) is 4. The number of amides is 1. The van der Waals surface area contributed by atoms with Crippen LogP contribution in [-0.4, -0.2) is 23.8 Å². The van der Waals surface area contributed by atoms with Crippen molar-refractivity contribution in [1.29, 1.82) is 0 Å². The number of methoxy groups -OCH3 is 1. The lowest BCUT2D eigenvalue weighted by molar-refractivity contribution is 0.0635. The molecule has 0 fully saturated rings. The molecule has 0 saturated carbocycles. The van der Waals surface area contributed by atoms with Crippen molar-refractivity contribution in [3.63, 3.8) is 0 Å². The highest BCUT2D eigenvalue weighted by molar-refractivity contribution is 5.83. The lowest BCUT2D eigenvalue weighted by atomic mass is 10.2. The van der Waals surface area contributed by atoms with Gasteiger partial charge in [-0.3, -0.25) is 5.32 Å². The fraction of sp³-hybridized carbons (Fsp3) is 0.500. The summed E-state index contributed by atoms with van der Waals surface area (Å²) in [4.78, 5) is 15.7.